The molecule has 4 rings (SSSR count). The molecular weight excluding hydrogens is 421 g/mol. The van der Waals surface area contributed by atoms with E-state index in [0.29, 0.717) is 23.8 Å². The van der Waals surface area contributed by atoms with Crippen molar-refractivity contribution in [3.63, 3.8) is 0 Å². The van der Waals surface area contributed by atoms with Crippen LogP contribution in [0.15, 0.2) is 36.4 Å². The smallest absolute Gasteiger partial charge is 0.338 e. The molecule has 1 N–H and O–H groups in total. The molecule has 0 spiro atoms. The highest BCUT2D eigenvalue weighted by Gasteiger charge is 2.34. The van der Waals surface area contributed by atoms with Gasteiger partial charge >= 0.3 is 6.18 Å². The van der Waals surface area contributed by atoms with E-state index in [-0.39, 0.29) is 17.6 Å². The van der Waals surface area contributed by atoms with E-state index in [0.717, 1.165) is 32.2 Å². The number of piperazine rings is 1. The Morgan fingerprint density at radius 3 is 2.25 bits per heavy atom. The van der Waals surface area contributed by atoms with E-state index >= 15 is 0 Å². The second-order valence-electron chi connectivity index (χ2n) is 7.47. The van der Waals surface area contributed by atoms with E-state index in [2.05, 4.69) is 35.1 Å². The molecule has 3 aromatic rings. The molecule has 2 aromatic heterocycles. The summed E-state index contributed by atoms with van der Waals surface area (Å²) in [6.07, 6.45) is -4.07. The molecule has 168 valence electrons. The fourth-order valence-corrected chi connectivity index (χ4v) is 3.27. The second-order valence-corrected chi connectivity index (χ2v) is 7.47. The number of benzene rings is 1. The summed E-state index contributed by atoms with van der Waals surface area (Å²) in [5.74, 6) is 0.912. The fraction of sp³-hybridized carbons (Fsp3) is 0.381. The van der Waals surface area contributed by atoms with Crippen LogP contribution in [0.3, 0.4) is 0 Å². The molecule has 8 nitrogen and oxygen atoms in total. The summed E-state index contributed by atoms with van der Waals surface area (Å²) < 4.78 is 40.5. The van der Waals surface area contributed by atoms with Gasteiger partial charge in [-0.05, 0) is 13.1 Å². The van der Waals surface area contributed by atoms with Gasteiger partial charge in [0, 0.05) is 38.2 Å². The molecule has 0 unspecified atom stereocenters. The van der Waals surface area contributed by atoms with Gasteiger partial charge in [0.05, 0.1) is 5.69 Å². The summed E-state index contributed by atoms with van der Waals surface area (Å²) in [7, 11) is 2.05. The lowest BCUT2D eigenvalue weighted by molar-refractivity contribution is -0.141. The van der Waals surface area contributed by atoms with Gasteiger partial charge in [-0.3, -0.25) is 5.32 Å². The number of aromatic nitrogens is 5. The number of anilines is 3. The Bertz CT molecular complexity index is 1070. The van der Waals surface area contributed by atoms with Crippen LogP contribution in [0.25, 0.3) is 11.3 Å². The predicted molar refractivity (Wildman–Crippen MR) is 115 cm³/mol. The summed E-state index contributed by atoms with van der Waals surface area (Å²) in [4.78, 5) is 25.4. The lowest BCUT2D eigenvalue weighted by Crippen LogP contribution is -2.45. The van der Waals surface area contributed by atoms with E-state index < -0.39 is 11.9 Å². The molecule has 0 amide bonds. The zero-order chi connectivity index (χ0) is 22.7. The Morgan fingerprint density at radius 1 is 0.906 bits per heavy atom. The molecule has 1 aliphatic heterocycles. The summed E-state index contributed by atoms with van der Waals surface area (Å²) in [6.45, 7) is 5.14. The maximum atomic E-state index is 13.5. The number of nitrogens with zero attached hydrogens (tertiary/aromatic N) is 7. The molecular formula is C21H23F3N8. The van der Waals surface area contributed by atoms with Crippen molar-refractivity contribution < 1.29 is 13.2 Å². The molecule has 32 heavy (non-hydrogen) atoms. The largest absolute Gasteiger partial charge is 0.433 e. The number of hydrogen-bond donors (Lipinski definition) is 1. The minimum absolute atomic E-state index is 0.115. The molecule has 0 radical (unpaired) electrons. The van der Waals surface area contributed by atoms with Crippen molar-refractivity contribution in [1.82, 2.24) is 29.8 Å². The van der Waals surface area contributed by atoms with Gasteiger partial charge < -0.3 is 9.80 Å². The number of aryl methyl sites for hydroxylation is 1. The van der Waals surface area contributed by atoms with E-state index in [1.54, 1.807) is 30.3 Å². The Morgan fingerprint density at radius 2 is 1.59 bits per heavy atom. The topological polar surface area (TPSA) is 83.0 Å². The van der Waals surface area contributed by atoms with Gasteiger partial charge in [0.1, 0.15) is 5.82 Å². The first kappa shape index (κ1) is 21.9. The monoisotopic (exact) mass is 444 g/mol. The van der Waals surface area contributed by atoms with Crippen LogP contribution >= 0.6 is 0 Å². The third-order valence-electron chi connectivity index (χ3n) is 5.08. The molecule has 1 aromatic carbocycles. The fourth-order valence-electron chi connectivity index (χ4n) is 3.27. The molecule has 1 saturated heterocycles. The van der Waals surface area contributed by atoms with Crippen LogP contribution in [-0.4, -0.2) is 63.0 Å². The average Bonchev–Trinajstić information content (AvgIpc) is 2.79. The van der Waals surface area contributed by atoms with Crippen molar-refractivity contribution in [3.05, 3.63) is 47.9 Å². The van der Waals surface area contributed by atoms with Gasteiger partial charge in [-0.1, -0.05) is 37.3 Å². The zero-order valence-electron chi connectivity index (χ0n) is 17.8. The highest BCUT2D eigenvalue weighted by molar-refractivity contribution is 5.62. The molecule has 0 atom stereocenters. The Kier molecular flexibility index (Phi) is 6.17. The molecule has 3 heterocycles. The standard InChI is InChI=1S/C21H23F3N8/c1-3-17-27-19(30-20(28-17)32-11-9-31(2)10-12-32)29-18-25-15(14-7-5-4-6-8-14)13-16(26-18)21(22,23)24/h4-8,13H,3,9-12H2,1-2H3,(H,25,26,27,28,29,30). The summed E-state index contributed by atoms with van der Waals surface area (Å²) in [5.41, 5.74) is -0.344. The first-order valence-electron chi connectivity index (χ1n) is 10.3. The van der Waals surface area contributed by atoms with Crippen molar-refractivity contribution >= 4 is 17.8 Å². The first-order valence-corrected chi connectivity index (χ1v) is 10.3. The lowest BCUT2D eigenvalue weighted by atomic mass is 10.1. The van der Waals surface area contributed by atoms with E-state index in [4.69, 9.17) is 0 Å². The van der Waals surface area contributed by atoms with Crippen LogP contribution in [0, 0.1) is 0 Å². The third kappa shape index (κ3) is 5.10. The van der Waals surface area contributed by atoms with Gasteiger partial charge in [-0.15, -0.1) is 0 Å². The molecule has 0 saturated carbocycles. The Balaban J connectivity index is 1.69. The van der Waals surface area contributed by atoms with Gasteiger partial charge in [0.2, 0.25) is 17.8 Å². The summed E-state index contributed by atoms with van der Waals surface area (Å²) >= 11 is 0. The normalized spacial score (nSPS) is 15.1. The minimum atomic E-state index is -4.62. The number of nitrogens with one attached hydrogen (secondary N) is 1. The average molecular weight is 444 g/mol. The van der Waals surface area contributed by atoms with E-state index in [1.165, 1.54) is 0 Å². The number of likely N-dealkylation sites (N-methyl/N-ethyl adjacent to an activating group) is 1. The molecule has 1 aliphatic rings. The Hall–Kier alpha value is -3.34. The summed E-state index contributed by atoms with van der Waals surface area (Å²) in [6, 6.07) is 9.57. The molecule has 1 fully saturated rings. The maximum Gasteiger partial charge on any atom is 0.433 e. The van der Waals surface area contributed by atoms with Crippen molar-refractivity contribution in [2.45, 2.75) is 19.5 Å². The predicted octanol–water partition coefficient (Wildman–Crippen LogP) is 3.41. The quantitative estimate of drug-likeness (QED) is 0.641. The van der Waals surface area contributed by atoms with Gasteiger partial charge in [-0.2, -0.15) is 28.1 Å². The summed E-state index contributed by atoms with van der Waals surface area (Å²) in [5, 5.41) is 2.77. The van der Waals surface area contributed by atoms with Gasteiger partial charge in [0.15, 0.2) is 5.69 Å². The van der Waals surface area contributed by atoms with Gasteiger partial charge in [-0.25, -0.2) is 9.97 Å². The maximum absolute atomic E-state index is 13.5. The highest BCUT2D eigenvalue weighted by atomic mass is 19.4. The van der Waals surface area contributed by atoms with E-state index in [9.17, 15) is 13.2 Å². The van der Waals surface area contributed by atoms with Crippen LogP contribution in [0.4, 0.5) is 31.0 Å². The minimum Gasteiger partial charge on any atom is -0.338 e. The zero-order valence-corrected chi connectivity index (χ0v) is 17.8. The third-order valence-corrected chi connectivity index (χ3v) is 5.08. The number of halogens is 3. The number of hydrogen-bond acceptors (Lipinski definition) is 8. The Labute approximate surface area is 183 Å². The van der Waals surface area contributed by atoms with Gasteiger partial charge in [0.25, 0.3) is 0 Å². The van der Waals surface area contributed by atoms with Crippen molar-refractivity contribution in [2.24, 2.45) is 0 Å². The van der Waals surface area contributed by atoms with Crippen molar-refractivity contribution in [1.29, 1.82) is 0 Å². The first-order chi connectivity index (χ1) is 15.3. The lowest BCUT2D eigenvalue weighted by Gasteiger charge is -2.32. The van der Waals surface area contributed by atoms with Crippen LogP contribution in [0.2, 0.25) is 0 Å². The van der Waals surface area contributed by atoms with Crippen LogP contribution < -0.4 is 10.2 Å². The molecule has 11 heteroatoms. The van der Waals surface area contributed by atoms with Crippen LogP contribution in [0.1, 0.15) is 18.4 Å². The van der Waals surface area contributed by atoms with E-state index in [1.807, 2.05) is 18.9 Å². The van der Waals surface area contributed by atoms with Crippen molar-refractivity contribution in [3.8, 4) is 11.3 Å². The molecule has 0 aliphatic carbocycles. The van der Waals surface area contributed by atoms with Crippen molar-refractivity contribution in [2.75, 3.05) is 43.4 Å². The molecule has 0 bridgehead atoms. The van der Waals surface area contributed by atoms with Crippen LogP contribution in [-0.2, 0) is 12.6 Å². The number of rotatable bonds is 5. The van der Waals surface area contributed by atoms with Crippen LogP contribution in [0.5, 0.6) is 0 Å². The highest BCUT2D eigenvalue weighted by Crippen LogP contribution is 2.31. The SMILES string of the molecule is CCc1nc(Nc2nc(-c3ccccc3)cc(C(F)(F)F)n2)nc(N2CCN(C)CC2)n1. The number of alkyl halides is 3. The second kappa shape index (κ2) is 9.03.